The first-order valence-electron chi connectivity index (χ1n) is 13.3. The van der Waals surface area contributed by atoms with E-state index in [0.29, 0.717) is 32.7 Å². The molecule has 0 saturated heterocycles. The van der Waals surface area contributed by atoms with E-state index in [2.05, 4.69) is 19.6 Å². The van der Waals surface area contributed by atoms with Gasteiger partial charge in [-0.3, -0.25) is 9.48 Å². The fourth-order valence-electron chi connectivity index (χ4n) is 5.03. The van der Waals surface area contributed by atoms with Crippen molar-refractivity contribution in [2.75, 3.05) is 13.3 Å². The van der Waals surface area contributed by atoms with E-state index in [9.17, 15) is 26.7 Å². The third-order valence-corrected chi connectivity index (χ3v) is 7.81. The maximum atomic E-state index is 14.9. The van der Waals surface area contributed by atoms with Crippen LogP contribution in [0.4, 0.5) is 22.0 Å². The number of oxazole rings is 1. The third-order valence-electron chi connectivity index (χ3n) is 7.10. The number of carbonyl (C=O) groups excluding carboxylic acids is 1. The summed E-state index contributed by atoms with van der Waals surface area (Å²) in [6, 6.07) is 14.8. The number of nitrogens with zero attached hydrogens (tertiary/aromatic N) is 3. The number of benzene rings is 3. The molecule has 0 aliphatic carbocycles. The van der Waals surface area contributed by atoms with Crippen LogP contribution in [0.25, 0.3) is 45.0 Å². The average Bonchev–Trinajstić information content (AvgIpc) is 3.68. The Kier molecular flexibility index (Phi) is 7.34. The molecule has 1 amide bonds. The first kappa shape index (κ1) is 30.2. The zero-order valence-corrected chi connectivity index (χ0v) is 24.9. The van der Waals surface area contributed by atoms with E-state index in [4.69, 9.17) is 4.42 Å². The van der Waals surface area contributed by atoms with Crippen LogP contribution in [-0.4, -0.2) is 40.3 Å². The molecule has 14 heteroatoms. The number of carbonyl (C=O) groups is 1. The zero-order chi connectivity index (χ0) is 32.3. The lowest BCUT2D eigenvalue weighted by atomic mass is 9.94. The first-order valence-corrected chi connectivity index (χ1v) is 14.5. The Morgan fingerprint density at radius 2 is 1.69 bits per heavy atom. The second-order valence-corrected chi connectivity index (χ2v) is 11.0. The Balaban J connectivity index is 1.57. The van der Waals surface area contributed by atoms with Crippen LogP contribution in [0.1, 0.15) is 11.6 Å². The number of rotatable bonds is 7. The maximum absolute atomic E-state index is 14.9. The highest BCUT2D eigenvalue weighted by atomic mass is 32.2. The first-order chi connectivity index (χ1) is 21.3. The number of aromatic nitrogens is 3. The minimum absolute atomic E-state index is 0.164. The minimum Gasteiger partial charge on any atom is -0.440 e. The van der Waals surface area contributed by atoms with E-state index in [-0.39, 0.29) is 34.5 Å². The summed E-state index contributed by atoms with van der Waals surface area (Å²) in [5, 5.41) is 5.86. The molecule has 1 aliphatic rings. The Bertz CT molecular complexity index is 1970. The molecule has 0 fully saturated rings. The van der Waals surface area contributed by atoms with Crippen LogP contribution in [0.2, 0.25) is 0 Å². The van der Waals surface area contributed by atoms with Gasteiger partial charge >= 0.3 is 12.2 Å². The highest BCUT2D eigenvalue weighted by Gasteiger charge is 2.44. The van der Waals surface area contributed by atoms with Crippen molar-refractivity contribution in [2.24, 2.45) is 7.05 Å². The van der Waals surface area contributed by atoms with Crippen LogP contribution in [0, 0.1) is 12.7 Å². The molecule has 0 radical (unpaired) electrons. The molecule has 232 valence electrons. The Morgan fingerprint density at radius 1 is 0.956 bits per heavy atom. The summed E-state index contributed by atoms with van der Waals surface area (Å²) in [6.45, 7) is 1.58. The molecule has 0 spiro atoms. The predicted molar refractivity (Wildman–Crippen MR) is 156 cm³/mol. The number of hydrogen-bond acceptors (Lipinski definition) is 7. The average molecular weight is 643 g/mol. The molecule has 0 atom stereocenters. The van der Waals surface area contributed by atoms with Crippen molar-refractivity contribution in [2.45, 2.75) is 24.0 Å². The molecule has 1 N–H and O–H groups in total. The molecule has 6 rings (SSSR count). The van der Waals surface area contributed by atoms with Crippen molar-refractivity contribution in [1.29, 1.82) is 0 Å². The number of nitrogens with one attached hydrogen (secondary N) is 1. The van der Waals surface area contributed by atoms with Crippen LogP contribution in [0.5, 0.6) is 11.5 Å². The van der Waals surface area contributed by atoms with Gasteiger partial charge in [-0.1, -0.05) is 12.1 Å². The Morgan fingerprint density at radius 3 is 2.42 bits per heavy atom. The van der Waals surface area contributed by atoms with Crippen LogP contribution >= 0.6 is 11.8 Å². The largest absolute Gasteiger partial charge is 0.586 e. The van der Waals surface area contributed by atoms with Crippen LogP contribution in [-0.2, 0) is 17.8 Å². The molecule has 3 aromatic carbocycles. The number of aryl methyl sites for hydroxylation is 2. The number of likely N-dealkylation sites (N-methyl/N-ethyl adjacent to an activating group) is 1. The molecular weight excluding hydrogens is 619 g/mol. The lowest BCUT2D eigenvalue weighted by molar-refractivity contribution is -0.286. The molecule has 0 bridgehead atoms. The zero-order valence-electron chi connectivity index (χ0n) is 24.0. The number of fused-ring (bicyclic) bond motifs is 1. The molecule has 45 heavy (non-hydrogen) atoms. The molecule has 8 nitrogen and oxygen atoms in total. The molecular formula is C31H23F5N4O4S. The van der Waals surface area contributed by atoms with Crippen molar-refractivity contribution in [3.05, 3.63) is 78.1 Å². The topological polar surface area (TPSA) is 91.4 Å². The summed E-state index contributed by atoms with van der Waals surface area (Å²) in [4.78, 5) is 17.1. The summed E-state index contributed by atoms with van der Waals surface area (Å²) < 4.78 is 88.2. The van der Waals surface area contributed by atoms with E-state index in [0.717, 1.165) is 13.1 Å². The van der Waals surface area contributed by atoms with Gasteiger partial charge in [0.05, 0.1) is 5.69 Å². The lowest BCUT2D eigenvalue weighted by Gasteiger charge is -2.13. The molecule has 2 aromatic heterocycles. The summed E-state index contributed by atoms with van der Waals surface area (Å²) >= 11 is 1.36. The number of thioether (sulfide) groups is 1. The van der Waals surface area contributed by atoms with Gasteiger partial charge in [0.1, 0.15) is 17.2 Å². The number of alkyl halides is 4. The van der Waals surface area contributed by atoms with E-state index >= 15 is 0 Å². The van der Waals surface area contributed by atoms with Gasteiger partial charge in [0.15, 0.2) is 23.1 Å². The van der Waals surface area contributed by atoms with Gasteiger partial charge in [0.25, 0.3) is 5.91 Å². The van der Waals surface area contributed by atoms with Gasteiger partial charge in [0.2, 0.25) is 0 Å². The van der Waals surface area contributed by atoms with Crippen LogP contribution < -0.4 is 14.8 Å². The highest BCUT2D eigenvalue weighted by molar-refractivity contribution is 7.98. The number of amides is 1. The summed E-state index contributed by atoms with van der Waals surface area (Å²) in [5.74, 6) is -5.91. The summed E-state index contributed by atoms with van der Waals surface area (Å²) in [6.07, 6.45) is -2.02. The van der Waals surface area contributed by atoms with Gasteiger partial charge in [-0.2, -0.15) is 13.9 Å². The molecule has 1 aliphatic heterocycles. The Hall–Kier alpha value is -4.85. The van der Waals surface area contributed by atoms with Crippen molar-refractivity contribution in [3.63, 3.8) is 0 Å². The number of hydrogen-bond donors (Lipinski definition) is 1. The van der Waals surface area contributed by atoms with Crippen molar-refractivity contribution < 1.29 is 40.6 Å². The van der Waals surface area contributed by atoms with E-state index in [1.165, 1.54) is 53.8 Å². The van der Waals surface area contributed by atoms with Crippen molar-refractivity contribution in [1.82, 2.24) is 20.1 Å². The van der Waals surface area contributed by atoms with Gasteiger partial charge < -0.3 is 19.2 Å². The predicted octanol–water partition coefficient (Wildman–Crippen LogP) is 7.40. The second kappa shape index (κ2) is 10.9. The number of ether oxygens (including phenoxy) is 2. The highest BCUT2D eigenvalue weighted by Crippen LogP contribution is 2.46. The van der Waals surface area contributed by atoms with Crippen molar-refractivity contribution >= 4 is 17.7 Å². The smallest absolute Gasteiger partial charge is 0.440 e. The molecule has 3 heterocycles. The van der Waals surface area contributed by atoms with Gasteiger partial charge in [-0.25, -0.2) is 9.37 Å². The van der Waals surface area contributed by atoms with Crippen LogP contribution in [0.3, 0.4) is 0 Å². The SMILES string of the molecule is CNC(=O)C(F)(F)c1cc(-c2ccc(-c3cc(F)cc(SC)c3)cc2-c2oc(C)nc2-c2ccc3c(c2)OC(F)(F)O3)n(C)n1. The fraction of sp³-hybridized carbons (Fsp3) is 0.194. The van der Waals surface area contributed by atoms with E-state index < -0.39 is 29.6 Å². The normalized spacial score (nSPS) is 13.7. The van der Waals surface area contributed by atoms with Crippen molar-refractivity contribution in [3.8, 4) is 56.5 Å². The van der Waals surface area contributed by atoms with Crippen LogP contribution in [0.15, 0.2) is 70.0 Å². The van der Waals surface area contributed by atoms with Gasteiger partial charge in [-0.15, -0.1) is 20.5 Å². The van der Waals surface area contributed by atoms with Gasteiger partial charge in [0, 0.05) is 42.6 Å². The quantitative estimate of drug-likeness (QED) is 0.146. The minimum atomic E-state index is -3.93. The lowest BCUT2D eigenvalue weighted by Crippen LogP contribution is -2.36. The number of halogens is 5. The third kappa shape index (κ3) is 5.50. The standard InChI is InChI=1S/C31H23F5N4O4S/c1-15-38-27(17-6-8-24-25(12-17)44-31(35,36)43-24)28(42-15)22-11-16(18-9-19(32)13-20(10-18)45-4)5-7-21(22)23-14-26(39-40(23)3)30(33,34)29(41)37-2/h5-14H,1-4H3,(H,37,41). The maximum Gasteiger partial charge on any atom is 0.586 e. The Labute approximate surface area is 257 Å². The monoisotopic (exact) mass is 642 g/mol. The molecule has 0 unspecified atom stereocenters. The summed E-state index contributed by atoms with van der Waals surface area (Å²) in [5.41, 5.74) is 1.79. The van der Waals surface area contributed by atoms with E-state index in [1.807, 2.05) is 11.6 Å². The molecule has 0 saturated carbocycles. The second-order valence-electron chi connectivity index (χ2n) is 10.1. The molecule has 5 aromatic rings. The summed E-state index contributed by atoms with van der Waals surface area (Å²) in [7, 11) is 2.54. The van der Waals surface area contributed by atoms with E-state index in [1.54, 1.807) is 31.2 Å². The fourth-order valence-corrected chi connectivity index (χ4v) is 5.51. The van der Waals surface area contributed by atoms with Gasteiger partial charge in [-0.05, 0) is 65.9 Å².